The molecule has 0 bridgehead atoms. The Kier molecular flexibility index (Phi) is 5.32. The van der Waals surface area contributed by atoms with E-state index >= 15 is 0 Å². The van der Waals surface area contributed by atoms with Gasteiger partial charge in [0.25, 0.3) is 0 Å². The molecule has 1 aliphatic heterocycles. The first kappa shape index (κ1) is 17.8. The molecule has 0 spiro atoms. The Hall–Kier alpha value is -1.59. The Labute approximate surface area is 141 Å². The average molecular weight is 339 g/mol. The van der Waals surface area contributed by atoms with Crippen LogP contribution >= 0.6 is 11.6 Å². The molecule has 23 heavy (non-hydrogen) atoms. The topological polar surface area (TPSA) is 69.6 Å². The summed E-state index contributed by atoms with van der Waals surface area (Å²) in [6.45, 7) is 6.33. The molecule has 2 N–H and O–H groups in total. The number of hydrogen-bond acceptors (Lipinski definition) is 3. The van der Waals surface area contributed by atoms with Crippen molar-refractivity contribution in [2.75, 3.05) is 18.0 Å². The zero-order chi connectivity index (χ0) is 17.2. The lowest BCUT2D eigenvalue weighted by Crippen LogP contribution is -2.43. The van der Waals surface area contributed by atoms with Crippen molar-refractivity contribution in [1.29, 1.82) is 0 Å². The third kappa shape index (κ3) is 4.24. The lowest BCUT2D eigenvalue weighted by atomic mass is 9.89. The zero-order valence-corrected chi connectivity index (χ0v) is 14.4. The monoisotopic (exact) mass is 338 g/mol. The maximum absolute atomic E-state index is 12.4. The number of nitrogens with one attached hydrogen (secondary N) is 1. The second kappa shape index (κ2) is 6.89. The molecule has 6 heteroatoms. The summed E-state index contributed by atoms with van der Waals surface area (Å²) in [5, 5.41) is 13.3. The number of anilines is 1. The minimum Gasteiger partial charge on any atom is -0.391 e. The van der Waals surface area contributed by atoms with Crippen LogP contribution in [-0.2, 0) is 9.59 Å². The number of benzene rings is 1. The summed E-state index contributed by atoms with van der Waals surface area (Å²) in [5.74, 6) is -1.23. The van der Waals surface area contributed by atoms with Gasteiger partial charge in [0.2, 0.25) is 11.8 Å². The van der Waals surface area contributed by atoms with Crippen LogP contribution in [0.4, 0.5) is 5.69 Å². The summed E-state index contributed by atoms with van der Waals surface area (Å²) in [5.41, 5.74) is 0.423. The molecule has 0 aromatic heterocycles. The lowest BCUT2D eigenvalue weighted by molar-refractivity contribution is -0.132. The molecule has 0 radical (unpaired) electrons. The molecule has 2 amide bonds. The summed E-state index contributed by atoms with van der Waals surface area (Å²) >= 11 is 5.85. The minimum absolute atomic E-state index is 0.146. The van der Waals surface area contributed by atoms with Crippen LogP contribution in [0.3, 0.4) is 0 Å². The van der Waals surface area contributed by atoms with Crippen LogP contribution in [-0.4, -0.2) is 36.1 Å². The second-order valence-corrected chi connectivity index (χ2v) is 7.37. The van der Waals surface area contributed by atoms with Gasteiger partial charge in [-0.2, -0.15) is 0 Å². The fourth-order valence-corrected chi connectivity index (χ4v) is 2.55. The van der Waals surface area contributed by atoms with Crippen LogP contribution in [0.5, 0.6) is 0 Å². The van der Waals surface area contributed by atoms with Crippen LogP contribution in [0, 0.1) is 11.3 Å². The molecule has 1 aromatic rings. The molecule has 126 valence electrons. The first-order valence-corrected chi connectivity index (χ1v) is 8.10. The second-order valence-electron chi connectivity index (χ2n) is 6.93. The molecule has 1 aromatic carbocycles. The highest BCUT2D eigenvalue weighted by atomic mass is 35.5. The number of nitrogens with zero attached hydrogens (tertiary/aromatic N) is 1. The number of aliphatic hydroxyl groups excluding tert-OH is 1. The molecule has 1 fully saturated rings. The lowest BCUT2D eigenvalue weighted by Gasteiger charge is -2.26. The fourth-order valence-electron chi connectivity index (χ4n) is 2.43. The van der Waals surface area contributed by atoms with Crippen molar-refractivity contribution in [2.45, 2.75) is 33.3 Å². The Balaban J connectivity index is 1.96. The van der Waals surface area contributed by atoms with Gasteiger partial charge in [-0.15, -0.1) is 0 Å². The van der Waals surface area contributed by atoms with Crippen molar-refractivity contribution < 1.29 is 14.7 Å². The van der Waals surface area contributed by atoms with E-state index in [4.69, 9.17) is 11.6 Å². The van der Waals surface area contributed by atoms with Crippen molar-refractivity contribution >= 4 is 29.1 Å². The van der Waals surface area contributed by atoms with Gasteiger partial charge in [-0.25, -0.2) is 0 Å². The van der Waals surface area contributed by atoms with Gasteiger partial charge in [0.15, 0.2) is 0 Å². The van der Waals surface area contributed by atoms with Gasteiger partial charge in [-0.1, -0.05) is 32.4 Å². The van der Waals surface area contributed by atoms with Gasteiger partial charge in [0, 0.05) is 23.8 Å². The average Bonchev–Trinajstić information content (AvgIpc) is 2.86. The Bertz CT molecular complexity index is 580. The van der Waals surface area contributed by atoms with E-state index in [-0.39, 0.29) is 23.8 Å². The van der Waals surface area contributed by atoms with Gasteiger partial charge < -0.3 is 15.3 Å². The highest BCUT2D eigenvalue weighted by molar-refractivity contribution is 6.30. The number of carbonyl (C=O) groups is 2. The Morgan fingerprint density at radius 2 is 2.00 bits per heavy atom. The van der Waals surface area contributed by atoms with E-state index in [0.29, 0.717) is 18.0 Å². The van der Waals surface area contributed by atoms with E-state index in [2.05, 4.69) is 5.32 Å². The van der Waals surface area contributed by atoms with Gasteiger partial charge >= 0.3 is 0 Å². The van der Waals surface area contributed by atoms with Gasteiger partial charge in [0.05, 0.1) is 6.10 Å². The normalized spacial score (nSPS) is 19.8. The highest BCUT2D eigenvalue weighted by Gasteiger charge is 2.37. The fraction of sp³-hybridized carbons (Fsp3) is 0.529. The summed E-state index contributed by atoms with van der Waals surface area (Å²) in [6.07, 6.45) is -0.186. The van der Waals surface area contributed by atoms with E-state index in [9.17, 15) is 14.7 Å². The molecule has 2 unspecified atom stereocenters. The van der Waals surface area contributed by atoms with Gasteiger partial charge in [0.1, 0.15) is 5.92 Å². The smallest absolute Gasteiger partial charge is 0.239 e. The van der Waals surface area contributed by atoms with E-state index in [1.54, 1.807) is 29.2 Å². The third-order valence-electron chi connectivity index (χ3n) is 4.13. The number of carbonyl (C=O) groups excluding carboxylic acids is 2. The predicted molar refractivity (Wildman–Crippen MR) is 90.4 cm³/mol. The summed E-state index contributed by atoms with van der Waals surface area (Å²) < 4.78 is 0. The number of halogens is 1. The van der Waals surface area contributed by atoms with Crippen LogP contribution in [0.15, 0.2) is 24.3 Å². The minimum atomic E-state index is -0.696. The van der Waals surface area contributed by atoms with E-state index in [1.807, 2.05) is 20.8 Å². The standard InChI is InChI=1S/C17H23ClN2O3/c1-17(2,3)14(21)10-19-15(22)13-8-9-20(16(13)23)12-6-4-11(18)5-7-12/h4-7,13-14,21H,8-10H2,1-3H3,(H,19,22). The number of amides is 2. The van der Waals surface area contributed by atoms with Crippen LogP contribution in [0.1, 0.15) is 27.2 Å². The SMILES string of the molecule is CC(C)(C)C(O)CNC(=O)C1CCN(c2ccc(Cl)cc2)C1=O. The van der Waals surface area contributed by atoms with Crippen molar-refractivity contribution in [3.05, 3.63) is 29.3 Å². The van der Waals surface area contributed by atoms with Crippen LogP contribution in [0.25, 0.3) is 0 Å². The summed E-state index contributed by atoms with van der Waals surface area (Å²) in [7, 11) is 0. The van der Waals surface area contributed by atoms with Gasteiger partial charge in [-0.05, 0) is 36.1 Å². The van der Waals surface area contributed by atoms with E-state index < -0.39 is 12.0 Å². The molecule has 1 aliphatic rings. The van der Waals surface area contributed by atoms with E-state index in [1.165, 1.54) is 0 Å². The Morgan fingerprint density at radius 3 is 2.57 bits per heavy atom. The first-order chi connectivity index (χ1) is 10.7. The van der Waals surface area contributed by atoms with Crippen molar-refractivity contribution in [2.24, 2.45) is 11.3 Å². The number of hydrogen-bond donors (Lipinski definition) is 2. The first-order valence-electron chi connectivity index (χ1n) is 7.73. The number of rotatable bonds is 4. The maximum atomic E-state index is 12.4. The van der Waals surface area contributed by atoms with Crippen LogP contribution < -0.4 is 10.2 Å². The number of aliphatic hydroxyl groups is 1. The third-order valence-corrected chi connectivity index (χ3v) is 4.38. The molecule has 0 aliphatic carbocycles. The van der Waals surface area contributed by atoms with Crippen molar-refractivity contribution in [3.63, 3.8) is 0 Å². The predicted octanol–water partition coefficient (Wildman–Crippen LogP) is 2.22. The quantitative estimate of drug-likeness (QED) is 0.827. The van der Waals surface area contributed by atoms with Crippen molar-refractivity contribution in [1.82, 2.24) is 5.32 Å². The molecular formula is C17H23ClN2O3. The Morgan fingerprint density at radius 1 is 1.39 bits per heavy atom. The molecule has 1 heterocycles. The molecule has 2 atom stereocenters. The molecule has 5 nitrogen and oxygen atoms in total. The van der Waals surface area contributed by atoms with E-state index in [0.717, 1.165) is 5.69 Å². The highest BCUT2D eigenvalue weighted by Crippen LogP contribution is 2.26. The van der Waals surface area contributed by atoms with Crippen molar-refractivity contribution in [3.8, 4) is 0 Å². The molecule has 1 saturated heterocycles. The summed E-state index contributed by atoms with van der Waals surface area (Å²) in [4.78, 5) is 26.3. The molecule has 0 saturated carbocycles. The summed E-state index contributed by atoms with van der Waals surface area (Å²) in [6, 6.07) is 6.97. The zero-order valence-electron chi connectivity index (χ0n) is 13.7. The maximum Gasteiger partial charge on any atom is 0.239 e. The molecule has 2 rings (SSSR count). The molecular weight excluding hydrogens is 316 g/mol. The largest absolute Gasteiger partial charge is 0.391 e. The van der Waals surface area contributed by atoms with Crippen LogP contribution in [0.2, 0.25) is 5.02 Å². The van der Waals surface area contributed by atoms with Gasteiger partial charge in [-0.3, -0.25) is 9.59 Å².